The van der Waals surface area contributed by atoms with Gasteiger partial charge in [-0.05, 0) is 38.3 Å². The lowest BCUT2D eigenvalue weighted by atomic mass is 10.1. The second-order valence-corrected chi connectivity index (χ2v) is 5.75. The maximum atomic E-state index is 12.3. The van der Waals surface area contributed by atoms with Crippen molar-refractivity contribution in [3.05, 3.63) is 18.0 Å². The predicted octanol–water partition coefficient (Wildman–Crippen LogP) is 2.30. The van der Waals surface area contributed by atoms with Crippen molar-refractivity contribution < 1.29 is 13.2 Å². The molecular formula is C14H19F3N4. The van der Waals surface area contributed by atoms with Crippen molar-refractivity contribution in [1.29, 1.82) is 0 Å². The van der Waals surface area contributed by atoms with Gasteiger partial charge in [-0.2, -0.15) is 13.2 Å². The smallest absolute Gasteiger partial charge is 0.334 e. The molecule has 2 aliphatic heterocycles. The first-order valence-corrected chi connectivity index (χ1v) is 7.41. The van der Waals surface area contributed by atoms with Gasteiger partial charge in [-0.1, -0.05) is 0 Å². The number of rotatable bonds is 3. The van der Waals surface area contributed by atoms with E-state index >= 15 is 0 Å². The van der Waals surface area contributed by atoms with Crippen LogP contribution in [0.3, 0.4) is 0 Å². The molecule has 2 atom stereocenters. The third-order valence-corrected chi connectivity index (χ3v) is 4.25. The monoisotopic (exact) mass is 300 g/mol. The molecule has 2 saturated heterocycles. The van der Waals surface area contributed by atoms with Crippen LogP contribution in [0.25, 0.3) is 0 Å². The van der Waals surface area contributed by atoms with Crippen LogP contribution in [-0.4, -0.2) is 41.3 Å². The molecule has 0 spiro atoms. The number of aryl methyl sites for hydroxylation is 1. The van der Waals surface area contributed by atoms with Crippen molar-refractivity contribution in [1.82, 2.24) is 15.3 Å². The van der Waals surface area contributed by atoms with Gasteiger partial charge in [-0.15, -0.1) is 0 Å². The summed E-state index contributed by atoms with van der Waals surface area (Å²) >= 11 is 0. The Bertz CT molecular complexity index is 477. The number of anilines is 1. The van der Waals surface area contributed by atoms with Gasteiger partial charge >= 0.3 is 6.18 Å². The lowest BCUT2D eigenvalue weighted by Crippen LogP contribution is -2.39. The van der Waals surface area contributed by atoms with Gasteiger partial charge in [0.1, 0.15) is 0 Å². The molecule has 2 fully saturated rings. The van der Waals surface area contributed by atoms with Crippen LogP contribution in [0.1, 0.15) is 31.4 Å². The Kier molecular flexibility index (Phi) is 4.01. The molecule has 2 bridgehead atoms. The maximum Gasteiger partial charge on any atom is 0.389 e. The number of nitrogens with zero attached hydrogens (tertiary/aromatic N) is 3. The largest absolute Gasteiger partial charge is 0.389 e. The molecule has 0 radical (unpaired) electrons. The molecule has 0 unspecified atom stereocenters. The van der Waals surface area contributed by atoms with E-state index in [2.05, 4.69) is 20.2 Å². The van der Waals surface area contributed by atoms with Crippen LogP contribution in [0, 0.1) is 0 Å². The van der Waals surface area contributed by atoms with E-state index in [1.54, 1.807) is 12.3 Å². The summed E-state index contributed by atoms with van der Waals surface area (Å²) in [4.78, 5) is 10.9. The van der Waals surface area contributed by atoms with Crippen LogP contribution in [0.5, 0.6) is 0 Å². The Labute approximate surface area is 121 Å². The van der Waals surface area contributed by atoms with Gasteiger partial charge < -0.3 is 10.2 Å². The van der Waals surface area contributed by atoms with E-state index in [0.29, 0.717) is 23.7 Å². The SMILES string of the molecule is FC(F)(F)CCc1ccnc(N2[C@H]3CCNC[C@@H]2CC3)n1. The molecule has 21 heavy (non-hydrogen) atoms. The van der Waals surface area contributed by atoms with Crippen molar-refractivity contribution in [3.63, 3.8) is 0 Å². The summed E-state index contributed by atoms with van der Waals surface area (Å²) in [6, 6.07) is 2.34. The fraction of sp³-hybridized carbons (Fsp3) is 0.714. The van der Waals surface area contributed by atoms with Crippen LogP contribution in [0.15, 0.2) is 12.3 Å². The van der Waals surface area contributed by atoms with E-state index in [0.717, 1.165) is 32.4 Å². The quantitative estimate of drug-likeness (QED) is 0.930. The topological polar surface area (TPSA) is 41.1 Å². The number of hydrogen-bond donors (Lipinski definition) is 1. The summed E-state index contributed by atoms with van der Waals surface area (Å²) in [6.07, 6.45) is -0.246. The average molecular weight is 300 g/mol. The first-order chi connectivity index (χ1) is 10.0. The fourth-order valence-corrected chi connectivity index (χ4v) is 3.23. The minimum atomic E-state index is -4.14. The number of hydrogen-bond acceptors (Lipinski definition) is 4. The van der Waals surface area contributed by atoms with Crippen molar-refractivity contribution >= 4 is 5.95 Å². The normalized spacial score (nSPS) is 26.0. The van der Waals surface area contributed by atoms with Gasteiger partial charge in [0.15, 0.2) is 0 Å². The molecular weight excluding hydrogens is 281 g/mol. The van der Waals surface area contributed by atoms with E-state index in [1.807, 2.05) is 0 Å². The highest BCUT2D eigenvalue weighted by Gasteiger charge is 2.36. The van der Waals surface area contributed by atoms with Gasteiger partial charge in [0, 0.05) is 36.9 Å². The number of aromatic nitrogens is 2. The second-order valence-electron chi connectivity index (χ2n) is 5.75. The Morgan fingerprint density at radius 2 is 2.05 bits per heavy atom. The zero-order valence-corrected chi connectivity index (χ0v) is 11.7. The highest BCUT2D eigenvalue weighted by atomic mass is 19.4. The van der Waals surface area contributed by atoms with Crippen LogP contribution >= 0.6 is 0 Å². The van der Waals surface area contributed by atoms with Crippen LogP contribution in [0.4, 0.5) is 19.1 Å². The fourth-order valence-electron chi connectivity index (χ4n) is 3.23. The lowest BCUT2D eigenvalue weighted by molar-refractivity contribution is -0.134. The summed E-state index contributed by atoms with van der Waals surface area (Å²) < 4.78 is 37.0. The molecule has 0 amide bonds. The minimum absolute atomic E-state index is 0.0829. The molecule has 116 valence electrons. The van der Waals surface area contributed by atoms with Crippen LogP contribution in [-0.2, 0) is 6.42 Å². The highest BCUT2D eigenvalue weighted by molar-refractivity contribution is 5.37. The summed E-state index contributed by atoms with van der Waals surface area (Å²) in [6.45, 7) is 1.87. The molecule has 1 aromatic rings. The first kappa shape index (κ1) is 14.6. The third-order valence-electron chi connectivity index (χ3n) is 4.25. The first-order valence-electron chi connectivity index (χ1n) is 7.41. The summed E-state index contributed by atoms with van der Waals surface area (Å²) in [7, 11) is 0. The zero-order valence-electron chi connectivity index (χ0n) is 11.7. The Hall–Kier alpha value is -1.37. The maximum absolute atomic E-state index is 12.3. The molecule has 3 rings (SSSR count). The Morgan fingerprint density at radius 3 is 2.86 bits per heavy atom. The summed E-state index contributed by atoms with van der Waals surface area (Å²) in [5, 5.41) is 3.39. The Balaban J connectivity index is 1.76. The molecule has 0 saturated carbocycles. The highest BCUT2D eigenvalue weighted by Crippen LogP contribution is 2.31. The Morgan fingerprint density at radius 1 is 1.24 bits per heavy atom. The number of alkyl halides is 3. The molecule has 7 heteroatoms. The van der Waals surface area contributed by atoms with E-state index in [1.165, 1.54) is 0 Å². The van der Waals surface area contributed by atoms with Crippen molar-refractivity contribution in [2.75, 3.05) is 18.0 Å². The summed E-state index contributed by atoms with van der Waals surface area (Å²) in [5.74, 6) is 0.589. The third kappa shape index (κ3) is 3.45. The van der Waals surface area contributed by atoms with Crippen molar-refractivity contribution in [2.24, 2.45) is 0 Å². The number of halogens is 3. The van der Waals surface area contributed by atoms with Gasteiger partial charge in [0.2, 0.25) is 5.95 Å². The summed E-state index contributed by atoms with van der Waals surface area (Å²) in [5.41, 5.74) is 0.467. The second kappa shape index (κ2) is 5.79. The van der Waals surface area contributed by atoms with Crippen molar-refractivity contribution in [3.8, 4) is 0 Å². The standard InChI is InChI=1S/C14H19F3N4/c15-14(16,17)6-3-10-4-8-19-13(20-10)21-11-1-2-12(21)9-18-7-5-11/h4,8,11-12,18H,1-3,5-7,9H2/t11-,12+/m1/s1. The molecule has 0 aliphatic carbocycles. The van der Waals surface area contributed by atoms with Gasteiger partial charge in [-0.25, -0.2) is 9.97 Å². The number of nitrogens with one attached hydrogen (secondary N) is 1. The average Bonchev–Trinajstić information content (AvgIpc) is 2.69. The van der Waals surface area contributed by atoms with Gasteiger partial charge in [0.25, 0.3) is 0 Å². The molecule has 0 aromatic carbocycles. The van der Waals surface area contributed by atoms with Crippen LogP contribution in [0.2, 0.25) is 0 Å². The number of fused-ring (bicyclic) bond motifs is 2. The predicted molar refractivity (Wildman–Crippen MR) is 73.2 cm³/mol. The molecule has 4 nitrogen and oxygen atoms in total. The zero-order chi connectivity index (χ0) is 14.9. The van der Waals surface area contributed by atoms with Crippen molar-refractivity contribution in [2.45, 2.75) is 50.4 Å². The van der Waals surface area contributed by atoms with Gasteiger partial charge in [-0.3, -0.25) is 0 Å². The minimum Gasteiger partial charge on any atom is -0.334 e. The van der Waals surface area contributed by atoms with E-state index in [4.69, 9.17) is 0 Å². The van der Waals surface area contributed by atoms with E-state index < -0.39 is 12.6 Å². The molecule has 3 heterocycles. The van der Waals surface area contributed by atoms with E-state index in [-0.39, 0.29) is 6.42 Å². The molecule has 2 aliphatic rings. The van der Waals surface area contributed by atoms with E-state index in [9.17, 15) is 13.2 Å². The van der Waals surface area contributed by atoms with Crippen LogP contribution < -0.4 is 10.2 Å². The molecule has 1 aromatic heterocycles. The van der Waals surface area contributed by atoms with Gasteiger partial charge in [0.05, 0.1) is 0 Å². The lowest BCUT2D eigenvalue weighted by Gasteiger charge is -2.28. The molecule has 1 N–H and O–H groups in total.